The molecule has 0 aliphatic carbocycles. The molecular formula is C12H11BrO. The van der Waals surface area contributed by atoms with Crippen LogP contribution >= 0.6 is 15.9 Å². The van der Waals surface area contributed by atoms with Crippen LogP contribution in [0.5, 0.6) is 0 Å². The van der Waals surface area contributed by atoms with Crippen LogP contribution in [0.1, 0.15) is 18.9 Å². The summed E-state index contributed by atoms with van der Waals surface area (Å²) < 4.78 is 0.984. The van der Waals surface area contributed by atoms with Gasteiger partial charge in [-0.1, -0.05) is 40.0 Å². The number of hydrogen-bond donors (Lipinski definition) is 0. The molecule has 0 N–H and O–H groups in total. The Morgan fingerprint density at radius 2 is 2.14 bits per heavy atom. The highest BCUT2D eigenvalue weighted by atomic mass is 79.9. The molecule has 0 amide bonds. The fourth-order valence-corrected chi connectivity index (χ4v) is 1.53. The number of hydrogen-bond acceptors (Lipinski definition) is 1. The minimum Gasteiger partial charge on any atom is -0.298 e. The van der Waals surface area contributed by atoms with E-state index in [2.05, 4.69) is 27.8 Å². The van der Waals surface area contributed by atoms with Gasteiger partial charge in [-0.3, -0.25) is 4.79 Å². The molecule has 0 unspecified atom stereocenters. The molecule has 1 nitrogen and oxygen atoms in total. The van der Waals surface area contributed by atoms with Gasteiger partial charge in [0.05, 0.1) is 6.42 Å². The van der Waals surface area contributed by atoms with Crippen molar-refractivity contribution in [2.45, 2.75) is 19.8 Å². The van der Waals surface area contributed by atoms with Gasteiger partial charge in [-0.2, -0.15) is 0 Å². The Balaban J connectivity index is 2.63. The minimum absolute atomic E-state index is 0.159. The Labute approximate surface area is 92.6 Å². The summed E-state index contributed by atoms with van der Waals surface area (Å²) in [6.45, 7) is 1.74. The van der Waals surface area contributed by atoms with E-state index in [1.807, 2.05) is 24.3 Å². The van der Waals surface area contributed by atoms with Gasteiger partial charge < -0.3 is 0 Å². The van der Waals surface area contributed by atoms with Crippen molar-refractivity contribution < 1.29 is 4.79 Å². The maximum Gasteiger partial charge on any atom is 0.149 e. The highest BCUT2D eigenvalue weighted by molar-refractivity contribution is 9.10. The molecule has 0 aliphatic rings. The molecular weight excluding hydrogens is 240 g/mol. The van der Waals surface area contributed by atoms with Crippen molar-refractivity contribution in [1.29, 1.82) is 0 Å². The third-order valence-corrected chi connectivity index (χ3v) is 2.58. The summed E-state index contributed by atoms with van der Waals surface area (Å²) in [6, 6.07) is 7.75. The molecule has 1 aromatic carbocycles. The van der Waals surface area contributed by atoms with Crippen molar-refractivity contribution in [2.24, 2.45) is 0 Å². The molecule has 14 heavy (non-hydrogen) atoms. The maximum absolute atomic E-state index is 11.4. The monoisotopic (exact) mass is 250 g/mol. The zero-order valence-electron chi connectivity index (χ0n) is 8.01. The quantitative estimate of drug-likeness (QED) is 0.755. The SMILES string of the molecule is CC#CCC(=O)Cc1ccccc1Br. The van der Waals surface area contributed by atoms with Gasteiger partial charge in [-0.25, -0.2) is 0 Å². The molecule has 0 spiro atoms. The Bertz CT molecular complexity index is 385. The summed E-state index contributed by atoms with van der Waals surface area (Å²) in [4.78, 5) is 11.4. The lowest BCUT2D eigenvalue weighted by Crippen LogP contribution is -2.01. The number of halogens is 1. The number of benzene rings is 1. The van der Waals surface area contributed by atoms with E-state index in [1.165, 1.54) is 0 Å². The maximum atomic E-state index is 11.4. The predicted octanol–water partition coefficient (Wildman–Crippen LogP) is 2.97. The highest BCUT2D eigenvalue weighted by Gasteiger charge is 2.04. The molecule has 72 valence electrons. The molecule has 0 bridgehead atoms. The van der Waals surface area contributed by atoms with Gasteiger partial charge in [-0.15, -0.1) is 5.92 Å². The average molecular weight is 251 g/mol. The fourth-order valence-electron chi connectivity index (χ4n) is 1.10. The van der Waals surface area contributed by atoms with Crippen LogP contribution in [0.15, 0.2) is 28.7 Å². The van der Waals surface area contributed by atoms with Gasteiger partial charge in [0.2, 0.25) is 0 Å². The van der Waals surface area contributed by atoms with Gasteiger partial charge >= 0.3 is 0 Å². The van der Waals surface area contributed by atoms with Crippen LogP contribution in [0.4, 0.5) is 0 Å². The molecule has 1 rings (SSSR count). The van der Waals surface area contributed by atoms with Crippen LogP contribution in [-0.2, 0) is 11.2 Å². The zero-order valence-corrected chi connectivity index (χ0v) is 9.60. The van der Waals surface area contributed by atoms with E-state index in [1.54, 1.807) is 6.92 Å². The van der Waals surface area contributed by atoms with Gasteiger partial charge in [0.15, 0.2) is 0 Å². The highest BCUT2D eigenvalue weighted by Crippen LogP contribution is 2.16. The molecule has 2 heteroatoms. The van der Waals surface area contributed by atoms with Crippen LogP contribution in [0, 0.1) is 11.8 Å². The van der Waals surface area contributed by atoms with Crippen LogP contribution in [0.3, 0.4) is 0 Å². The van der Waals surface area contributed by atoms with E-state index < -0.39 is 0 Å². The topological polar surface area (TPSA) is 17.1 Å². The largest absolute Gasteiger partial charge is 0.298 e. The Morgan fingerprint density at radius 1 is 1.43 bits per heavy atom. The number of carbonyl (C=O) groups excluding carboxylic acids is 1. The lowest BCUT2D eigenvalue weighted by Gasteiger charge is -2.00. The minimum atomic E-state index is 0.159. The van der Waals surface area contributed by atoms with Crippen LogP contribution < -0.4 is 0 Å². The summed E-state index contributed by atoms with van der Waals surface area (Å²) in [6.07, 6.45) is 0.800. The van der Waals surface area contributed by atoms with E-state index in [0.717, 1.165) is 10.0 Å². The normalized spacial score (nSPS) is 9.00. The summed E-state index contributed by atoms with van der Waals surface area (Å²) >= 11 is 3.40. The zero-order chi connectivity index (χ0) is 10.4. The second kappa shape index (κ2) is 5.62. The smallest absolute Gasteiger partial charge is 0.149 e. The lowest BCUT2D eigenvalue weighted by atomic mass is 10.1. The molecule has 0 saturated heterocycles. The molecule has 1 aromatic rings. The van der Waals surface area contributed by atoms with Gasteiger partial charge in [-0.05, 0) is 18.6 Å². The number of carbonyl (C=O) groups is 1. The van der Waals surface area contributed by atoms with Gasteiger partial charge in [0.1, 0.15) is 5.78 Å². The van der Waals surface area contributed by atoms with Crippen molar-refractivity contribution in [1.82, 2.24) is 0 Å². The predicted molar refractivity (Wildman–Crippen MR) is 60.9 cm³/mol. The molecule has 0 atom stereocenters. The number of rotatable bonds is 3. The first-order valence-corrected chi connectivity index (χ1v) is 5.18. The van der Waals surface area contributed by atoms with Crippen LogP contribution in [-0.4, -0.2) is 5.78 Å². The summed E-state index contributed by atoms with van der Waals surface area (Å²) in [5.41, 5.74) is 1.02. The third kappa shape index (κ3) is 3.35. The summed E-state index contributed by atoms with van der Waals surface area (Å²) in [5, 5.41) is 0. The Hall–Kier alpha value is -1.07. The lowest BCUT2D eigenvalue weighted by molar-refractivity contribution is -0.117. The Morgan fingerprint density at radius 3 is 2.79 bits per heavy atom. The summed E-state index contributed by atoms with van der Waals surface area (Å²) in [7, 11) is 0. The van der Waals surface area contributed by atoms with Crippen LogP contribution in [0.25, 0.3) is 0 Å². The van der Waals surface area contributed by atoms with Crippen LogP contribution in [0.2, 0.25) is 0 Å². The first-order chi connectivity index (χ1) is 6.74. The van der Waals surface area contributed by atoms with Gasteiger partial charge in [0, 0.05) is 10.9 Å². The Kier molecular flexibility index (Phi) is 4.42. The average Bonchev–Trinajstić information content (AvgIpc) is 2.18. The van der Waals surface area contributed by atoms with E-state index in [-0.39, 0.29) is 5.78 Å². The van der Waals surface area contributed by atoms with E-state index in [4.69, 9.17) is 0 Å². The molecule has 0 aromatic heterocycles. The third-order valence-electron chi connectivity index (χ3n) is 1.81. The van der Waals surface area contributed by atoms with Crippen molar-refractivity contribution in [2.75, 3.05) is 0 Å². The molecule has 0 saturated carbocycles. The van der Waals surface area contributed by atoms with E-state index >= 15 is 0 Å². The van der Waals surface area contributed by atoms with Crippen molar-refractivity contribution >= 4 is 21.7 Å². The van der Waals surface area contributed by atoms with E-state index in [0.29, 0.717) is 12.8 Å². The molecule has 0 radical (unpaired) electrons. The molecule has 0 heterocycles. The van der Waals surface area contributed by atoms with Crippen molar-refractivity contribution in [3.8, 4) is 11.8 Å². The second-order valence-corrected chi connectivity index (χ2v) is 3.76. The van der Waals surface area contributed by atoms with Crippen molar-refractivity contribution in [3.63, 3.8) is 0 Å². The number of ketones is 1. The molecule has 0 fully saturated rings. The fraction of sp³-hybridized carbons (Fsp3) is 0.250. The standard InChI is InChI=1S/C12H11BrO/c1-2-3-7-11(14)9-10-6-4-5-8-12(10)13/h4-6,8H,7,9H2,1H3. The first-order valence-electron chi connectivity index (χ1n) is 4.38. The summed E-state index contributed by atoms with van der Waals surface area (Å²) in [5.74, 6) is 5.65. The van der Waals surface area contributed by atoms with E-state index in [9.17, 15) is 4.79 Å². The number of Topliss-reactive ketones (excluding diaryl/α,β-unsaturated/α-hetero) is 1. The molecule has 0 aliphatic heterocycles. The second-order valence-electron chi connectivity index (χ2n) is 2.91. The first kappa shape index (κ1) is 11.0. The van der Waals surface area contributed by atoms with Crippen molar-refractivity contribution in [3.05, 3.63) is 34.3 Å². The van der Waals surface area contributed by atoms with Gasteiger partial charge in [0.25, 0.3) is 0 Å².